The summed E-state index contributed by atoms with van der Waals surface area (Å²) in [6.45, 7) is 3.84. The van der Waals surface area contributed by atoms with Crippen LogP contribution in [0, 0.1) is 13.8 Å². The van der Waals surface area contributed by atoms with Crippen molar-refractivity contribution in [2.24, 2.45) is 4.99 Å². The second-order valence-corrected chi connectivity index (χ2v) is 5.75. The largest absolute Gasteiger partial charge is 0.295 e. The van der Waals surface area contributed by atoms with Crippen molar-refractivity contribution in [3.05, 3.63) is 80.7 Å². The Balaban J connectivity index is 2.00. The molecule has 1 N–H and O–H groups in total. The highest BCUT2D eigenvalue weighted by molar-refractivity contribution is 6.30. The van der Waals surface area contributed by atoms with Crippen molar-refractivity contribution in [3.63, 3.8) is 0 Å². The molecule has 116 valence electrons. The molecule has 1 heterocycles. The summed E-state index contributed by atoms with van der Waals surface area (Å²) in [5, 5.41) is 3.70. The zero-order valence-corrected chi connectivity index (χ0v) is 13.6. The van der Waals surface area contributed by atoms with Crippen LogP contribution in [0.4, 0.5) is 5.69 Å². The standard InChI is InChI=1S/C18H16ClN3O/c1-12-5-3-4-6-17(12)20-11-16-13(2)21-22(18(16)23)15-9-7-14(19)8-10-15/h3-11,21H,1-2H3. The molecule has 0 atom stereocenters. The number of nitrogens with one attached hydrogen (secondary N) is 1. The zero-order chi connectivity index (χ0) is 16.4. The lowest BCUT2D eigenvalue weighted by Gasteiger charge is -2.00. The van der Waals surface area contributed by atoms with E-state index in [1.165, 1.54) is 4.68 Å². The van der Waals surface area contributed by atoms with Gasteiger partial charge in [-0.05, 0) is 49.7 Å². The first kappa shape index (κ1) is 15.3. The van der Waals surface area contributed by atoms with Crippen LogP contribution in [0.5, 0.6) is 0 Å². The molecular formula is C18H16ClN3O. The van der Waals surface area contributed by atoms with Crippen molar-refractivity contribution in [2.45, 2.75) is 13.8 Å². The molecular weight excluding hydrogens is 310 g/mol. The molecule has 1 aromatic heterocycles. The lowest BCUT2D eigenvalue weighted by Crippen LogP contribution is -2.17. The van der Waals surface area contributed by atoms with Gasteiger partial charge in [-0.2, -0.15) is 0 Å². The monoisotopic (exact) mass is 325 g/mol. The van der Waals surface area contributed by atoms with Gasteiger partial charge in [0.15, 0.2) is 0 Å². The molecule has 0 saturated heterocycles. The van der Waals surface area contributed by atoms with Crippen LogP contribution in [0.1, 0.15) is 16.8 Å². The van der Waals surface area contributed by atoms with Crippen LogP contribution in [-0.4, -0.2) is 16.0 Å². The average Bonchev–Trinajstić information content (AvgIpc) is 2.82. The van der Waals surface area contributed by atoms with Gasteiger partial charge in [0.25, 0.3) is 5.56 Å². The molecule has 0 saturated carbocycles. The minimum Gasteiger partial charge on any atom is -0.295 e. The smallest absolute Gasteiger partial charge is 0.280 e. The van der Waals surface area contributed by atoms with E-state index in [0.717, 1.165) is 22.6 Å². The molecule has 0 amide bonds. The zero-order valence-electron chi connectivity index (χ0n) is 12.9. The number of aromatic amines is 1. The number of nitrogens with zero attached hydrogens (tertiary/aromatic N) is 2. The van der Waals surface area contributed by atoms with Gasteiger partial charge in [-0.25, -0.2) is 4.68 Å². The van der Waals surface area contributed by atoms with Gasteiger partial charge in [-0.1, -0.05) is 29.8 Å². The van der Waals surface area contributed by atoms with E-state index in [1.54, 1.807) is 30.5 Å². The van der Waals surface area contributed by atoms with Crippen LogP contribution in [0.25, 0.3) is 5.69 Å². The summed E-state index contributed by atoms with van der Waals surface area (Å²) in [5.74, 6) is 0. The van der Waals surface area contributed by atoms with Gasteiger partial charge in [-0.15, -0.1) is 0 Å². The van der Waals surface area contributed by atoms with Crippen molar-refractivity contribution in [3.8, 4) is 5.69 Å². The van der Waals surface area contributed by atoms with Crippen molar-refractivity contribution in [2.75, 3.05) is 0 Å². The third kappa shape index (κ3) is 3.12. The van der Waals surface area contributed by atoms with Crippen molar-refractivity contribution in [1.29, 1.82) is 0 Å². The molecule has 23 heavy (non-hydrogen) atoms. The summed E-state index contributed by atoms with van der Waals surface area (Å²) in [6.07, 6.45) is 1.61. The van der Waals surface area contributed by atoms with Gasteiger partial charge in [0.05, 0.1) is 16.9 Å². The average molecular weight is 326 g/mol. The maximum atomic E-state index is 12.6. The number of hydrogen-bond donors (Lipinski definition) is 1. The Morgan fingerprint density at radius 2 is 1.78 bits per heavy atom. The Kier molecular flexibility index (Phi) is 4.17. The molecule has 5 heteroatoms. The molecule has 3 aromatic rings. The summed E-state index contributed by atoms with van der Waals surface area (Å²) in [7, 11) is 0. The van der Waals surface area contributed by atoms with Crippen molar-refractivity contribution < 1.29 is 0 Å². The van der Waals surface area contributed by atoms with Gasteiger partial charge >= 0.3 is 0 Å². The van der Waals surface area contributed by atoms with Gasteiger partial charge in [0, 0.05) is 16.9 Å². The number of H-pyrrole nitrogens is 1. The number of para-hydroxylation sites is 1. The highest BCUT2D eigenvalue weighted by Crippen LogP contribution is 2.17. The topological polar surface area (TPSA) is 50.1 Å². The highest BCUT2D eigenvalue weighted by Gasteiger charge is 2.10. The minimum absolute atomic E-state index is 0.137. The summed E-state index contributed by atoms with van der Waals surface area (Å²) >= 11 is 5.89. The number of halogens is 1. The van der Waals surface area contributed by atoms with E-state index in [4.69, 9.17) is 11.6 Å². The predicted molar refractivity (Wildman–Crippen MR) is 94.6 cm³/mol. The first-order valence-electron chi connectivity index (χ1n) is 7.23. The molecule has 0 spiro atoms. The van der Waals surface area contributed by atoms with Crippen molar-refractivity contribution in [1.82, 2.24) is 9.78 Å². The van der Waals surface area contributed by atoms with Crippen LogP contribution in [0.3, 0.4) is 0 Å². The third-order valence-corrected chi connectivity index (χ3v) is 3.90. The van der Waals surface area contributed by atoms with E-state index in [-0.39, 0.29) is 5.56 Å². The summed E-state index contributed by atoms with van der Waals surface area (Å²) < 4.78 is 1.49. The predicted octanol–water partition coefficient (Wildman–Crippen LogP) is 4.19. The molecule has 0 unspecified atom stereocenters. The number of hydrogen-bond acceptors (Lipinski definition) is 2. The normalized spacial score (nSPS) is 11.3. The van der Waals surface area contributed by atoms with E-state index in [0.29, 0.717) is 10.6 Å². The van der Waals surface area contributed by atoms with Gasteiger partial charge in [0.2, 0.25) is 0 Å². The molecule has 3 rings (SSSR count). The molecule has 4 nitrogen and oxygen atoms in total. The lowest BCUT2D eigenvalue weighted by atomic mass is 10.2. The Morgan fingerprint density at radius 3 is 2.48 bits per heavy atom. The number of benzene rings is 2. The Hall–Kier alpha value is -2.59. The maximum Gasteiger partial charge on any atom is 0.280 e. The number of aromatic nitrogens is 2. The van der Waals surface area contributed by atoms with Crippen molar-refractivity contribution >= 4 is 23.5 Å². The first-order valence-corrected chi connectivity index (χ1v) is 7.61. The quantitative estimate of drug-likeness (QED) is 0.721. The molecule has 0 bridgehead atoms. The van der Waals surface area contributed by atoms with Crippen LogP contribution < -0.4 is 5.56 Å². The maximum absolute atomic E-state index is 12.6. The summed E-state index contributed by atoms with van der Waals surface area (Å²) in [6, 6.07) is 14.9. The van der Waals surface area contributed by atoms with Gasteiger partial charge in [-0.3, -0.25) is 14.9 Å². The highest BCUT2D eigenvalue weighted by atomic mass is 35.5. The number of aliphatic imine (C=N–C) groups is 1. The molecule has 0 aliphatic rings. The van der Waals surface area contributed by atoms with Crippen LogP contribution in [0.2, 0.25) is 5.02 Å². The fraction of sp³-hybridized carbons (Fsp3) is 0.111. The van der Waals surface area contributed by atoms with Crippen LogP contribution >= 0.6 is 11.6 Å². The Labute approximate surface area is 139 Å². The third-order valence-electron chi connectivity index (χ3n) is 3.65. The van der Waals surface area contributed by atoms with E-state index < -0.39 is 0 Å². The lowest BCUT2D eigenvalue weighted by molar-refractivity contribution is 0.835. The van der Waals surface area contributed by atoms with E-state index in [1.807, 2.05) is 38.1 Å². The Bertz CT molecular complexity index is 920. The van der Waals surface area contributed by atoms with E-state index in [9.17, 15) is 4.79 Å². The fourth-order valence-electron chi connectivity index (χ4n) is 2.33. The second-order valence-electron chi connectivity index (χ2n) is 5.31. The molecule has 2 aromatic carbocycles. The molecule has 0 radical (unpaired) electrons. The number of aryl methyl sites for hydroxylation is 2. The summed E-state index contributed by atoms with van der Waals surface area (Å²) in [5.41, 5.74) is 3.83. The summed E-state index contributed by atoms with van der Waals surface area (Å²) in [4.78, 5) is 17.0. The first-order chi connectivity index (χ1) is 11.1. The minimum atomic E-state index is -0.137. The van der Waals surface area contributed by atoms with Crippen LogP contribution in [0.15, 0.2) is 58.3 Å². The van der Waals surface area contributed by atoms with Gasteiger partial charge in [0.1, 0.15) is 0 Å². The van der Waals surface area contributed by atoms with E-state index in [2.05, 4.69) is 10.1 Å². The van der Waals surface area contributed by atoms with Crippen LogP contribution in [-0.2, 0) is 0 Å². The molecule has 0 fully saturated rings. The molecule has 0 aliphatic heterocycles. The second kappa shape index (κ2) is 6.26. The number of rotatable bonds is 3. The fourth-order valence-corrected chi connectivity index (χ4v) is 2.45. The van der Waals surface area contributed by atoms with Gasteiger partial charge < -0.3 is 0 Å². The SMILES string of the molecule is Cc1ccccc1N=Cc1c(C)[nH]n(-c2ccc(Cl)cc2)c1=O. The molecule has 0 aliphatic carbocycles. The Morgan fingerprint density at radius 1 is 1.09 bits per heavy atom. The van der Waals surface area contributed by atoms with E-state index >= 15 is 0 Å².